The zero-order valence-electron chi connectivity index (χ0n) is 12.2. The monoisotopic (exact) mass is 346 g/mol. The first-order chi connectivity index (χ1) is 10.9. The Morgan fingerprint density at radius 3 is 2.43 bits per heavy atom. The van der Waals surface area contributed by atoms with E-state index in [0.717, 1.165) is 16.4 Å². The van der Waals surface area contributed by atoms with Gasteiger partial charge < -0.3 is 9.64 Å². The summed E-state index contributed by atoms with van der Waals surface area (Å²) in [7, 11) is -4.09. The predicted octanol–water partition coefficient (Wildman–Crippen LogP) is 1.57. The molecule has 1 amide bonds. The molecule has 0 saturated carbocycles. The molecule has 0 N–H and O–H groups in total. The van der Waals surface area contributed by atoms with Crippen LogP contribution in [-0.4, -0.2) is 56.0 Å². The molecule has 0 radical (unpaired) electrons. The number of carbonyl (C=O) groups is 1. The summed E-state index contributed by atoms with van der Waals surface area (Å²) in [5, 5.41) is 0. The van der Waals surface area contributed by atoms with E-state index in [0.29, 0.717) is 32.1 Å². The number of nitrogens with zero attached hydrogens (tertiary/aromatic N) is 2. The minimum absolute atomic E-state index is 0.0891. The molecule has 1 aromatic rings. The van der Waals surface area contributed by atoms with Crippen LogP contribution in [0.2, 0.25) is 0 Å². The Balaban J connectivity index is 1.73. The molecular weight excluding hydrogens is 330 g/mol. The van der Waals surface area contributed by atoms with Crippen molar-refractivity contribution in [2.75, 3.05) is 26.2 Å². The van der Waals surface area contributed by atoms with Crippen LogP contribution in [0.25, 0.3) is 0 Å². The zero-order chi connectivity index (χ0) is 16.6. The summed E-state index contributed by atoms with van der Waals surface area (Å²) in [6, 6.07) is 2.28. The van der Waals surface area contributed by atoms with Gasteiger partial charge in [0.25, 0.3) is 0 Å². The van der Waals surface area contributed by atoms with E-state index in [2.05, 4.69) is 0 Å². The van der Waals surface area contributed by atoms with Gasteiger partial charge in [0.05, 0.1) is 6.54 Å². The number of hydrogen-bond donors (Lipinski definition) is 0. The molecule has 0 unspecified atom stereocenters. The van der Waals surface area contributed by atoms with Crippen LogP contribution in [0, 0.1) is 11.6 Å². The van der Waals surface area contributed by atoms with Crippen molar-refractivity contribution in [3.8, 4) is 0 Å². The van der Waals surface area contributed by atoms with Crippen molar-refractivity contribution < 1.29 is 26.7 Å². The van der Waals surface area contributed by atoms with Gasteiger partial charge in [-0.3, -0.25) is 0 Å². The molecule has 6 nitrogen and oxygen atoms in total. The molecule has 0 atom stereocenters. The molecule has 0 spiro atoms. The average Bonchev–Trinajstić information content (AvgIpc) is 2.96. The Hall–Kier alpha value is -1.74. The standard InChI is InChI=1S/C14H16F2N2O4S/c15-10-1-2-12(16)13(9-10)23(20,21)17-5-3-11(4-6-17)18-7-8-22-14(18)19/h1-2,9,11H,3-8H2. The van der Waals surface area contributed by atoms with E-state index >= 15 is 0 Å². The highest BCUT2D eigenvalue weighted by Gasteiger charge is 2.36. The van der Waals surface area contributed by atoms with Gasteiger partial charge in [-0.2, -0.15) is 4.31 Å². The fraction of sp³-hybridized carbons (Fsp3) is 0.500. The summed E-state index contributed by atoms with van der Waals surface area (Å²) in [6.07, 6.45) is 0.485. The summed E-state index contributed by atoms with van der Waals surface area (Å²) in [6.45, 7) is 1.13. The lowest BCUT2D eigenvalue weighted by molar-refractivity contribution is 0.134. The van der Waals surface area contributed by atoms with Gasteiger partial charge in [-0.15, -0.1) is 0 Å². The largest absolute Gasteiger partial charge is 0.448 e. The number of cyclic esters (lactones) is 1. The second-order valence-electron chi connectivity index (χ2n) is 5.52. The second-order valence-corrected chi connectivity index (χ2v) is 7.42. The van der Waals surface area contributed by atoms with E-state index < -0.39 is 26.6 Å². The van der Waals surface area contributed by atoms with Crippen molar-refractivity contribution in [2.24, 2.45) is 0 Å². The highest BCUT2D eigenvalue weighted by atomic mass is 32.2. The number of rotatable bonds is 3. The maximum Gasteiger partial charge on any atom is 0.410 e. The van der Waals surface area contributed by atoms with Crippen LogP contribution in [0.15, 0.2) is 23.1 Å². The minimum Gasteiger partial charge on any atom is -0.448 e. The van der Waals surface area contributed by atoms with E-state index in [1.165, 1.54) is 0 Å². The molecular formula is C14H16F2N2O4S. The molecule has 0 aliphatic carbocycles. The lowest BCUT2D eigenvalue weighted by Gasteiger charge is -2.34. The van der Waals surface area contributed by atoms with Crippen molar-refractivity contribution in [3.63, 3.8) is 0 Å². The number of ether oxygens (including phenoxy) is 1. The maximum absolute atomic E-state index is 13.8. The quantitative estimate of drug-likeness (QED) is 0.833. The summed E-state index contributed by atoms with van der Waals surface area (Å²) >= 11 is 0. The average molecular weight is 346 g/mol. The number of benzene rings is 1. The van der Waals surface area contributed by atoms with E-state index in [4.69, 9.17) is 4.74 Å². The fourth-order valence-corrected chi connectivity index (χ4v) is 4.49. The molecule has 0 aromatic heterocycles. The van der Waals surface area contributed by atoms with Crippen LogP contribution in [-0.2, 0) is 14.8 Å². The summed E-state index contributed by atoms with van der Waals surface area (Å²) in [4.78, 5) is 12.5. The first-order valence-electron chi connectivity index (χ1n) is 7.28. The second kappa shape index (κ2) is 6.04. The first kappa shape index (κ1) is 16.1. The molecule has 2 heterocycles. The number of amides is 1. The molecule has 2 aliphatic heterocycles. The lowest BCUT2D eigenvalue weighted by atomic mass is 10.1. The molecule has 2 fully saturated rings. The first-order valence-corrected chi connectivity index (χ1v) is 8.72. The van der Waals surface area contributed by atoms with Crippen LogP contribution < -0.4 is 0 Å². The smallest absolute Gasteiger partial charge is 0.410 e. The van der Waals surface area contributed by atoms with E-state index in [9.17, 15) is 22.0 Å². The number of sulfonamides is 1. The van der Waals surface area contributed by atoms with Crippen LogP contribution in [0.1, 0.15) is 12.8 Å². The van der Waals surface area contributed by atoms with Crippen LogP contribution >= 0.6 is 0 Å². The maximum atomic E-state index is 13.8. The van der Waals surface area contributed by atoms with Gasteiger partial charge in [0.2, 0.25) is 10.0 Å². The highest BCUT2D eigenvalue weighted by molar-refractivity contribution is 7.89. The fourth-order valence-electron chi connectivity index (χ4n) is 2.95. The minimum atomic E-state index is -4.09. The molecule has 2 saturated heterocycles. The Labute approximate surface area is 132 Å². The van der Waals surface area contributed by atoms with E-state index in [-0.39, 0.29) is 25.2 Å². The number of halogens is 2. The Bertz CT molecular complexity index is 717. The molecule has 1 aromatic carbocycles. The van der Waals surface area contributed by atoms with Gasteiger partial charge in [0, 0.05) is 19.1 Å². The van der Waals surface area contributed by atoms with Crippen molar-refractivity contribution in [3.05, 3.63) is 29.8 Å². The van der Waals surface area contributed by atoms with Gasteiger partial charge in [0.1, 0.15) is 23.1 Å². The topological polar surface area (TPSA) is 66.9 Å². The van der Waals surface area contributed by atoms with Gasteiger partial charge in [-0.05, 0) is 31.0 Å². The number of hydrogen-bond acceptors (Lipinski definition) is 4. The van der Waals surface area contributed by atoms with Crippen LogP contribution in [0.5, 0.6) is 0 Å². The Morgan fingerprint density at radius 2 is 1.83 bits per heavy atom. The Kier molecular flexibility index (Phi) is 4.24. The van der Waals surface area contributed by atoms with Crippen molar-refractivity contribution in [2.45, 2.75) is 23.8 Å². The van der Waals surface area contributed by atoms with Gasteiger partial charge >= 0.3 is 6.09 Å². The van der Waals surface area contributed by atoms with E-state index in [1.54, 1.807) is 4.90 Å². The SMILES string of the molecule is O=C1OCCN1C1CCN(S(=O)(=O)c2cc(F)ccc2F)CC1. The Morgan fingerprint density at radius 1 is 1.13 bits per heavy atom. The molecule has 0 bridgehead atoms. The van der Waals surface area contributed by atoms with Gasteiger partial charge in [-0.25, -0.2) is 22.0 Å². The number of carbonyl (C=O) groups excluding carboxylic acids is 1. The van der Waals surface area contributed by atoms with Crippen LogP contribution in [0.4, 0.5) is 13.6 Å². The molecule has 3 rings (SSSR count). The third-order valence-corrected chi connectivity index (χ3v) is 6.08. The predicted molar refractivity (Wildman–Crippen MR) is 76.2 cm³/mol. The lowest BCUT2D eigenvalue weighted by Crippen LogP contribution is -2.47. The summed E-state index contributed by atoms with van der Waals surface area (Å²) < 4.78 is 57.9. The molecule has 2 aliphatic rings. The normalized spacial score (nSPS) is 20.8. The summed E-state index contributed by atoms with van der Waals surface area (Å²) in [5.74, 6) is -1.78. The molecule has 9 heteroatoms. The van der Waals surface area contributed by atoms with E-state index in [1.807, 2.05) is 0 Å². The van der Waals surface area contributed by atoms with Gasteiger partial charge in [0.15, 0.2) is 0 Å². The highest BCUT2D eigenvalue weighted by Crippen LogP contribution is 2.26. The molecule has 126 valence electrons. The molecule has 23 heavy (non-hydrogen) atoms. The van der Waals surface area contributed by atoms with Crippen molar-refractivity contribution in [1.82, 2.24) is 9.21 Å². The third-order valence-electron chi connectivity index (χ3n) is 4.17. The van der Waals surface area contributed by atoms with Crippen molar-refractivity contribution in [1.29, 1.82) is 0 Å². The number of piperidine rings is 1. The summed E-state index contributed by atoms with van der Waals surface area (Å²) in [5.41, 5.74) is 0. The van der Waals surface area contributed by atoms with Crippen molar-refractivity contribution >= 4 is 16.1 Å². The van der Waals surface area contributed by atoms with Crippen LogP contribution in [0.3, 0.4) is 0 Å². The zero-order valence-corrected chi connectivity index (χ0v) is 13.1. The third kappa shape index (κ3) is 3.02. The van der Waals surface area contributed by atoms with Gasteiger partial charge in [-0.1, -0.05) is 0 Å².